The number of fused-ring (bicyclic) bond motifs is 3. The predicted octanol–water partition coefficient (Wildman–Crippen LogP) is 6.05. The van der Waals surface area contributed by atoms with Crippen LogP contribution in [0.15, 0.2) is 84.0 Å². The predicted molar refractivity (Wildman–Crippen MR) is 116 cm³/mol. The van der Waals surface area contributed by atoms with Crippen LogP contribution >= 0.6 is 0 Å². The maximum absolute atomic E-state index is 13.6. The zero-order valence-corrected chi connectivity index (χ0v) is 16.2. The number of carbonyl (C=O) groups excluding carboxylic acids is 1. The minimum absolute atomic E-state index is 0.0546. The van der Waals surface area contributed by atoms with E-state index in [4.69, 9.17) is 5.53 Å². The van der Waals surface area contributed by atoms with Gasteiger partial charge in [0.1, 0.15) is 0 Å². The molecule has 1 aliphatic rings. The number of nitrogens with one attached hydrogen (secondary N) is 1. The lowest BCUT2D eigenvalue weighted by molar-refractivity contribution is -0.121. The van der Waals surface area contributed by atoms with Crippen molar-refractivity contribution in [2.75, 3.05) is 11.9 Å². The number of anilines is 1. The average Bonchev–Trinajstić information content (AvgIpc) is 2.87. The Hall–Kier alpha value is -3.56. The molecule has 5 heteroatoms. The van der Waals surface area contributed by atoms with Crippen molar-refractivity contribution in [2.24, 2.45) is 5.11 Å². The zero-order valence-electron chi connectivity index (χ0n) is 16.2. The molecule has 4 rings (SSSR count). The van der Waals surface area contributed by atoms with Gasteiger partial charge >= 0.3 is 0 Å². The summed E-state index contributed by atoms with van der Waals surface area (Å²) < 4.78 is 0. The highest BCUT2D eigenvalue weighted by Crippen LogP contribution is 2.47. The lowest BCUT2D eigenvalue weighted by Crippen LogP contribution is -2.39. The summed E-state index contributed by atoms with van der Waals surface area (Å²) >= 11 is 0. The molecule has 0 spiro atoms. The molecule has 0 saturated carbocycles. The monoisotopic (exact) mass is 382 g/mol. The molecule has 3 aromatic rings. The Morgan fingerprint density at radius 2 is 1.69 bits per heavy atom. The van der Waals surface area contributed by atoms with Gasteiger partial charge in [0, 0.05) is 17.1 Å². The highest BCUT2D eigenvalue weighted by molar-refractivity contribution is 6.00. The third-order valence-electron chi connectivity index (χ3n) is 5.77. The first-order valence-corrected chi connectivity index (χ1v) is 9.69. The van der Waals surface area contributed by atoms with Crippen LogP contribution in [0.3, 0.4) is 0 Å². The number of benzene rings is 3. The van der Waals surface area contributed by atoms with Crippen LogP contribution in [-0.4, -0.2) is 12.5 Å². The van der Waals surface area contributed by atoms with Gasteiger partial charge in [-0.15, -0.1) is 0 Å². The third kappa shape index (κ3) is 3.48. The molecular formula is C24H22N4O. The van der Waals surface area contributed by atoms with E-state index in [1.807, 2.05) is 67.6 Å². The molecule has 29 heavy (non-hydrogen) atoms. The van der Waals surface area contributed by atoms with E-state index in [9.17, 15) is 4.79 Å². The third-order valence-corrected chi connectivity index (χ3v) is 5.77. The maximum atomic E-state index is 13.6. The normalized spacial score (nSPS) is 19.8. The zero-order chi connectivity index (χ0) is 20.3. The van der Waals surface area contributed by atoms with Crippen LogP contribution in [0.4, 0.5) is 5.69 Å². The summed E-state index contributed by atoms with van der Waals surface area (Å²) in [5.41, 5.74) is 13.1. The van der Waals surface area contributed by atoms with Crippen molar-refractivity contribution in [1.82, 2.24) is 0 Å². The van der Waals surface area contributed by atoms with E-state index in [1.165, 1.54) is 0 Å². The highest BCUT2D eigenvalue weighted by atomic mass is 16.2. The minimum Gasteiger partial charge on any atom is -0.325 e. The number of nitrogens with zero attached hydrogens (tertiary/aromatic N) is 3. The quantitative estimate of drug-likeness (QED) is 0.333. The van der Waals surface area contributed by atoms with E-state index in [2.05, 4.69) is 33.5 Å². The van der Waals surface area contributed by atoms with E-state index in [1.54, 1.807) is 0 Å². The first-order valence-electron chi connectivity index (χ1n) is 9.69. The molecule has 1 aliphatic carbocycles. The second-order valence-electron chi connectivity index (χ2n) is 7.60. The smallest absolute Gasteiger partial charge is 0.234 e. The molecular weight excluding hydrogens is 360 g/mol. The van der Waals surface area contributed by atoms with Crippen molar-refractivity contribution < 1.29 is 4.79 Å². The van der Waals surface area contributed by atoms with Crippen LogP contribution in [0.25, 0.3) is 21.6 Å². The Labute approximate surface area is 170 Å². The Bertz CT molecular complexity index is 1090. The largest absolute Gasteiger partial charge is 0.325 e. The van der Waals surface area contributed by atoms with E-state index in [0.717, 1.165) is 27.9 Å². The van der Waals surface area contributed by atoms with Crippen LogP contribution < -0.4 is 5.32 Å². The summed E-state index contributed by atoms with van der Waals surface area (Å²) in [6, 6.07) is 25.7. The van der Waals surface area contributed by atoms with Crippen LogP contribution in [0.5, 0.6) is 0 Å². The van der Waals surface area contributed by atoms with Gasteiger partial charge in [-0.25, -0.2) is 0 Å². The van der Waals surface area contributed by atoms with Crippen molar-refractivity contribution in [1.29, 1.82) is 0 Å². The van der Waals surface area contributed by atoms with Crippen molar-refractivity contribution in [3.8, 4) is 11.1 Å². The number of carbonyl (C=O) groups is 1. The molecule has 1 amide bonds. The van der Waals surface area contributed by atoms with Crippen molar-refractivity contribution in [3.05, 3.63) is 100 Å². The Kier molecular flexibility index (Phi) is 5.07. The molecule has 2 atom stereocenters. The highest BCUT2D eigenvalue weighted by Gasteiger charge is 2.42. The lowest BCUT2D eigenvalue weighted by Gasteiger charge is -2.31. The number of para-hydroxylation sites is 1. The van der Waals surface area contributed by atoms with Crippen molar-refractivity contribution in [2.45, 2.75) is 24.7 Å². The summed E-state index contributed by atoms with van der Waals surface area (Å²) in [5.74, 6) is -0.115. The molecule has 0 aliphatic heterocycles. The number of hydrogen-bond acceptors (Lipinski definition) is 2. The van der Waals surface area contributed by atoms with E-state index in [-0.39, 0.29) is 11.8 Å². The van der Waals surface area contributed by atoms with Gasteiger partial charge in [0.2, 0.25) is 5.91 Å². The number of azide groups is 1. The van der Waals surface area contributed by atoms with Gasteiger partial charge in [0.05, 0.1) is 5.41 Å². The maximum Gasteiger partial charge on any atom is 0.234 e. The fourth-order valence-corrected chi connectivity index (χ4v) is 4.31. The topological polar surface area (TPSA) is 77.9 Å². The van der Waals surface area contributed by atoms with Gasteiger partial charge in [-0.1, -0.05) is 71.8 Å². The standard InChI is InChI=1S/C24H22N4O/c1-24(23(29)27-18-9-3-2-4-10-18)15-17(16-26-28-25)19-11-5-6-12-20(19)21-13-7-8-14-22(21)24/h2-14,17H,15-16H2,1H3,(H,27,29). The minimum atomic E-state index is -0.777. The van der Waals surface area contributed by atoms with Gasteiger partial charge < -0.3 is 5.32 Å². The van der Waals surface area contributed by atoms with Gasteiger partial charge in [0.25, 0.3) is 0 Å². The van der Waals surface area contributed by atoms with E-state index < -0.39 is 5.41 Å². The molecule has 144 valence electrons. The summed E-state index contributed by atoms with van der Waals surface area (Å²) in [4.78, 5) is 16.5. The molecule has 5 nitrogen and oxygen atoms in total. The van der Waals surface area contributed by atoms with Crippen molar-refractivity contribution >= 4 is 11.6 Å². The summed E-state index contributed by atoms with van der Waals surface area (Å²) in [6.45, 7) is 2.30. The number of amides is 1. The Morgan fingerprint density at radius 1 is 1.03 bits per heavy atom. The second-order valence-corrected chi connectivity index (χ2v) is 7.60. The van der Waals surface area contributed by atoms with Gasteiger partial charge in [0.15, 0.2) is 0 Å². The molecule has 0 heterocycles. The summed E-state index contributed by atoms with van der Waals surface area (Å²) in [6.07, 6.45) is 0.554. The van der Waals surface area contributed by atoms with Crippen molar-refractivity contribution in [3.63, 3.8) is 0 Å². The molecule has 0 bridgehead atoms. The summed E-state index contributed by atoms with van der Waals surface area (Å²) in [5, 5.41) is 6.94. The Morgan fingerprint density at radius 3 is 2.45 bits per heavy atom. The molecule has 2 unspecified atom stereocenters. The van der Waals surface area contributed by atoms with Crippen LogP contribution in [0, 0.1) is 0 Å². The fraction of sp³-hybridized carbons (Fsp3) is 0.208. The number of rotatable bonds is 4. The van der Waals surface area contributed by atoms with E-state index >= 15 is 0 Å². The molecule has 0 fully saturated rings. The summed E-state index contributed by atoms with van der Waals surface area (Å²) in [7, 11) is 0. The number of hydrogen-bond donors (Lipinski definition) is 1. The fourth-order valence-electron chi connectivity index (χ4n) is 4.31. The second kappa shape index (κ2) is 7.82. The SMILES string of the molecule is CC1(C(=O)Nc2ccccc2)CC(CN=[N+]=[N-])c2ccccc2-c2ccccc21. The molecule has 0 saturated heterocycles. The first kappa shape index (κ1) is 18.8. The van der Waals surface area contributed by atoms with Crippen LogP contribution in [-0.2, 0) is 10.2 Å². The Balaban J connectivity index is 1.85. The van der Waals surface area contributed by atoms with Crippen LogP contribution in [0.1, 0.15) is 30.4 Å². The average molecular weight is 382 g/mol. The lowest BCUT2D eigenvalue weighted by atomic mass is 9.74. The molecule has 1 N–H and O–H groups in total. The molecule has 0 aromatic heterocycles. The van der Waals surface area contributed by atoms with E-state index in [0.29, 0.717) is 13.0 Å². The van der Waals surface area contributed by atoms with Gasteiger partial charge in [-0.2, -0.15) is 0 Å². The van der Waals surface area contributed by atoms with Gasteiger partial charge in [-0.3, -0.25) is 4.79 Å². The molecule has 3 aromatic carbocycles. The van der Waals surface area contributed by atoms with Crippen LogP contribution in [0.2, 0.25) is 0 Å². The first-order chi connectivity index (χ1) is 14.1. The van der Waals surface area contributed by atoms with Gasteiger partial charge in [-0.05, 0) is 59.2 Å². The molecule has 0 radical (unpaired) electrons.